The van der Waals surface area contributed by atoms with Gasteiger partial charge in [0.15, 0.2) is 0 Å². The van der Waals surface area contributed by atoms with Crippen LogP contribution in [0.4, 0.5) is 5.69 Å². The van der Waals surface area contributed by atoms with Crippen molar-refractivity contribution in [3.63, 3.8) is 0 Å². The molecule has 220 valence electrons. The van der Waals surface area contributed by atoms with Crippen LogP contribution in [0.25, 0.3) is 0 Å². The number of nitrogens with one attached hydrogen (secondary N) is 1. The Morgan fingerprint density at radius 2 is 1.39 bits per heavy atom. The zero-order valence-corrected chi connectivity index (χ0v) is 25.1. The summed E-state index contributed by atoms with van der Waals surface area (Å²) in [4.78, 5) is 28.9. The van der Waals surface area contributed by atoms with Gasteiger partial charge in [-0.2, -0.15) is 0 Å². The molecule has 0 fully saturated rings. The first kappa shape index (κ1) is 31.5. The van der Waals surface area contributed by atoms with Crippen LogP contribution in [-0.4, -0.2) is 58.0 Å². The maximum Gasteiger partial charge on any atom is 0.264 e. The van der Waals surface area contributed by atoms with Gasteiger partial charge in [-0.3, -0.25) is 13.9 Å². The highest BCUT2D eigenvalue weighted by Gasteiger charge is 2.34. The van der Waals surface area contributed by atoms with Gasteiger partial charge in [-0.25, -0.2) is 8.42 Å². The van der Waals surface area contributed by atoms with Crippen LogP contribution >= 0.6 is 0 Å². The van der Waals surface area contributed by atoms with Crippen LogP contribution in [0.1, 0.15) is 39.2 Å². The Kier molecular flexibility index (Phi) is 11.2. The van der Waals surface area contributed by atoms with Gasteiger partial charge in [0.05, 0.1) is 24.8 Å². The number of anilines is 1. The summed E-state index contributed by atoms with van der Waals surface area (Å²) in [7, 11) is -1.09. The van der Waals surface area contributed by atoms with Crippen molar-refractivity contribution in [2.45, 2.75) is 57.1 Å². The van der Waals surface area contributed by atoms with E-state index in [1.54, 1.807) is 61.7 Å². The van der Waals surface area contributed by atoms with E-state index in [9.17, 15) is 18.0 Å². The van der Waals surface area contributed by atoms with E-state index in [-0.39, 0.29) is 23.4 Å². The van der Waals surface area contributed by atoms with Crippen molar-refractivity contribution >= 4 is 27.5 Å². The molecule has 3 aromatic rings. The van der Waals surface area contributed by atoms with E-state index in [1.807, 2.05) is 32.9 Å². The van der Waals surface area contributed by atoms with E-state index in [0.717, 1.165) is 16.3 Å². The van der Waals surface area contributed by atoms with E-state index >= 15 is 0 Å². The Bertz CT molecular complexity index is 1380. The number of carbonyl (C=O) groups excluding carboxylic acids is 2. The van der Waals surface area contributed by atoms with Crippen molar-refractivity contribution in [1.29, 1.82) is 0 Å². The van der Waals surface area contributed by atoms with Crippen molar-refractivity contribution in [2.75, 3.05) is 25.1 Å². The first-order chi connectivity index (χ1) is 19.6. The lowest BCUT2D eigenvalue weighted by atomic mass is 10.1. The normalized spacial score (nSPS) is 12.6. The van der Waals surface area contributed by atoms with E-state index < -0.39 is 28.5 Å². The second-order valence-corrected chi connectivity index (χ2v) is 11.5. The molecule has 3 aromatic carbocycles. The van der Waals surface area contributed by atoms with Crippen LogP contribution in [-0.2, 0) is 26.2 Å². The summed E-state index contributed by atoms with van der Waals surface area (Å²) in [6, 6.07) is 20.8. The molecule has 1 N–H and O–H groups in total. The molecule has 0 spiro atoms. The van der Waals surface area contributed by atoms with Crippen molar-refractivity contribution in [1.82, 2.24) is 10.2 Å². The number of hydrogen-bond acceptors (Lipinski definition) is 6. The van der Waals surface area contributed by atoms with Crippen molar-refractivity contribution in [3.8, 4) is 11.5 Å². The molecule has 2 unspecified atom stereocenters. The zero-order chi connectivity index (χ0) is 30.0. The molecule has 0 heterocycles. The summed E-state index contributed by atoms with van der Waals surface area (Å²) >= 11 is 0. The number of methoxy groups -OCH3 is 2. The molecule has 10 heteroatoms. The van der Waals surface area contributed by atoms with Crippen LogP contribution in [0.3, 0.4) is 0 Å². The lowest BCUT2D eigenvalue weighted by Crippen LogP contribution is -2.53. The fourth-order valence-electron chi connectivity index (χ4n) is 4.29. The van der Waals surface area contributed by atoms with Crippen molar-refractivity contribution in [2.24, 2.45) is 0 Å². The van der Waals surface area contributed by atoms with Gasteiger partial charge in [-0.15, -0.1) is 0 Å². The monoisotopic (exact) mass is 581 g/mol. The van der Waals surface area contributed by atoms with Gasteiger partial charge in [0.2, 0.25) is 11.8 Å². The maximum absolute atomic E-state index is 14.1. The largest absolute Gasteiger partial charge is 0.497 e. The van der Waals surface area contributed by atoms with Crippen LogP contribution < -0.4 is 19.1 Å². The summed E-state index contributed by atoms with van der Waals surface area (Å²) in [5.74, 6) is 0.380. The molecule has 0 aliphatic carbocycles. The van der Waals surface area contributed by atoms with Crippen molar-refractivity contribution < 1.29 is 27.5 Å². The highest BCUT2D eigenvalue weighted by Crippen LogP contribution is 2.26. The lowest BCUT2D eigenvalue weighted by molar-refractivity contribution is -0.140. The molecule has 2 amide bonds. The van der Waals surface area contributed by atoms with Crippen LogP contribution in [0.2, 0.25) is 0 Å². The Hall–Kier alpha value is -4.05. The number of nitrogens with zero attached hydrogens (tertiary/aromatic N) is 2. The number of ether oxygens (including phenoxy) is 2. The lowest BCUT2D eigenvalue weighted by Gasteiger charge is -2.33. The Balaban J connectivity index is 2.03. The minimum Gasteiger partial charge on any atom is -0.497 e. The topological polar surface area (TPSA) is 105 Å². The number of para-hydroxylation sites is 1. The van der Waals surface area contributed by atoms with Gasteiger partial charge in [0, 0.05) is 12.6 Å². The Morgan fingerprint density at radius 1 is 0.829 bits per heavy atom. The number of carbonyl (C=O) groups is 2. The smallest absolute Gasteiger partial charge is 0.264 e. The third kappa shape index (κ3) is 8.00. The summed E-state index contributed by atoms with van der Waals surface area (Å²) < 4.78 is 39.3. The minimum atomic E-state index is -4.15. The molecule has 0 saturated heterocycles. The van der Waals surface area contributed by atoms with Gasteiger partial charge in [0.25, 0.3) is 10.0 Å². The Morgan fingerprint density at radius 3 is 1.90 bits per heavy atom. The van der Waals surface area contributed by atoms with Gasteiger partial charge < -0.3 is 19.7 Å². The van der Waals surface area contributed by atoms with Gasteiger partial charge in [0.1, 0.15) is 24.1 Å². The van der Waals surface area contributed by atoms with Gasteiger partial charge >= 0.3 is 0 Å². The molecule has 0 aromatic heterocycles. The number of rotatable bonds is 14. The predicted molar refractivity (Wildman–Crippen MR) is 159 cm³/mol. The van der Waals surface area contributed by atoms with Crippen LogP contribution in [0.5, 0.6) is 11.5 Å². The number of benzene rings is 3. The molecule has 0 aliphatic heterocycles. The zero-order valence-electron chi connectivity index (χ0n) is 24.2. The van der Waals surface area contributed by atoms with Crippen LogP contribution in [0.15, 0.2) is 83.8 Å². The number of sulfonamides is 1. The Labute approximate surface area is 243 Å². The summed E-state index contributed by atoms with van der Waals surface area (Å²) in [5, 5.41) is 2.98. The van der Waals surface area contributed by atoms with E-state index in [0.29, 0.717) is 23.6 Å². The molecular formula is C31H39N3O6S. The quantitative estimate of drug-likeness (QED) is 0.298. The van der Waals surface area contributed by atoms with Gasteiger partial charge in [-0.1, -0.05) is 44.2 Å². The summed E-state index contributed by atoms with van der Waals surface area (Å²) in [5.41, 5.74) is 1.11. The molecule has 3 rings (SSSR count). The molecule has 0 aliphatic rings. The average Bonchev–Trinajstić information content (AvgIpc) is 3.00. The first-order valence-corrected chi connectivity index (χ1v) is 15.0. The van der Waals surface area contributed by atoms with E-state index in [4.69, 9.17) is 9.47 Å². The third-order valence-corrected chi connectivity index (χ3v) is 8.66. The van der Waals surface area contributed by atoms with E-state index in [2.05, 4.69) is 5.32 Å². The molecule has 2 atom stereocenters. The standard InChI is InChI=1S/C31H39N3O6S/c1-6-23(3)32-31(36)29(7-2)33(21-24-13-15-26(39-4)16-14-24)30(35)22-34(25-11-9-8-10-12-25)41(37,38)28-19-17-27(40-5)18-20-28/h8-20,23,29H,6-7,21-22H2,1-5H3,(H,32,36). The summed E-state index contributed by atoms with van der Waals surface area (Å²) in [6.45, 7) is 5.31. The predicted octanol–water partition coefficient (Wildman–Crippen LogP) is 4.62. The minimum absolute atomic E-state index is 0.0122. The number of hydrogen-bond donors (Lipinski definition) is 1. The molecule has 9 nitrogen and oxygen atoms in total. The highest BCUT2D eigenvalue weighted by molar-refractivity contribution is 7.92. The highest BCUT2D eigenvalue weighted by atomic mass is 32.2. The maximum atomic E-state index is 14.1. The number of amides is 2. The molecular weight excluding hydrogens is 542 g/mol. The van der Waals surface area contributed by atoms with E-state index in [1.165, 1.54) is 24.1 Å². The van der Waals surface area contributed by atoms with Gasteiger partial charge in [-0.05, 0) is 73.9 Å². The first-order valence-electron chi connectivity index (χ1n) is 13.6. The third-order valence-electron chi connectivity index (χ3n) is 6.87. The second kappa shape index (κ2) is 14.5. The second-order valence-electron chi connectivity index (χ2n) is 9.63. The molecule has 0 saturated carbocycles. The fourth-order valence-corrected chi connectivity index (χ4v) is 5.70. The molecule has 0 bridgehead atoms. The fraction of sp³-hybridized carbons (Fsp3) is 0.355. The molecule has 41 heavy (non-hydrogen) atoms. The van der Waals surface area contributed by atoms with Crippen molar-refractivity contribution in [3.05, 3.63) is 84.4 Å². The SMILES string of the molecule is CCC(C)NC(=O)C(CC)N(Cc1ccc(OC)cc1)C(=O)CN(c1ccccc1)S(=O)(=O)c1ccc(OC)cc1. The molecule has 0 radical (unpaired) electrons. The summed E-state index contributed by atoms with van der Waals surface area (Å²) in [6.07, 6.45) is 1.08. The van der Waals surface area contributed by atoms with Crippen LogP contribution in [0, 0.1) is 0 Å². The average molecular weight is 582 g/mol.